The van der Waals surface area contributed by atoms with Gasteiger partial charge in [0.2, 0.25) is 0 Å². The van der Waals surface area contributed by atoms with Crippen molar-refractivity contribution in [3.63, 3.8) is 0 Å². The Balaban J connectivity index is 1.88. The zero-order chi connectivity index (χ0) is 29.1. The van der Waals surface area contributed by atoms with Crippen molar-refractivity contribution in [2.45, 2.75) is 40.7 Å². The van der Waals surface area contributed by atoms with Crippen molar-refractivity contribution in [1.29, 1.82) is 5.26 Å². The minimum Gasteiger partial charge on any atom is -0.490 e. The molecule has 0 fully saturated rings. The van der Waals surface area contributed by atoms with Crippen molar-refractivity contribution in [1.82, 2.24) is 0 Å². The highest BCUT2D eigenvalue weighted by atomic mass is 32.1. The smallest absolute Gasteiger partial charge is 0.348 e. The maximum absolute atomic E-state index is 13.2. The Hall–Kier alpha value is -4.42. The third-order valence-corrected chi connectivity index (χ3v) is 6.99. The number of ether oxygens (including phenoxy) is 4. The summed E-state index contributed by atoms with van der Waals surface area (Å²) < 4.78 is 21.9. The fourth-order valence-electron chi connectivity index (χ4n) is 3.88. The number of Topliss-reactive ketones (excluding diaryl/α,β-unsaturated/α-hetero) is 1. The van der Waals surface area contributed by atoms with Crippen LogP contribution in [0.25, 0.3) is 6.08 Å². The monoisotopic (exact) mass is 561 g/mol. The molecule has 1 heterocycles. The van der Waals surface area contributed by atoms with Gasteiger partial charge in [-0.15, -0.1) is 11.3 Å². The fourth-order valence-corrected chi connectivity index (χ4v) is 5.07. The number of carbonyl (C=O) groups excluding carboxylic acids is 3. The van der Waals surface area contributed by atoms with E-state index in [4.69, 9.17) is 18.9 Å². The maximum Gasteiger partial charge on any atom is 0.348 e. The molecule has 0 spiro atoms. The SMILES string of the molecule is CCOC(=O)c1sc(CC(=O)/C(C#N)=C/c2ccc(OCc3ccccc3)c(OCC)c2)c(C(=O)OCC)c1C. The number of allylic oxidation sites excluding steroid dienone is 1. The molecule has 0 atom stereocenters. The lowest BCUT2D eigenvalue weighted by Crippen LogP contribution is -2.12. The first-order valence-corrected chi connectivity index (χ1v) is 13.7. The molecule has 0 bridgehead atoms. The molecule has 3 aromatic rings. The second kappa shape index (κ2) is 14.7. The Morgan fingerprint density at radius 1 is 0.900 bits per heavy atom. The number of hydrogen-bond donors (Lipinski definition) is 0. The second-order valence-corrected chi connectivity index (χ2v) is 9.58. The number of nitrogens with zero attached hydrogens (tertiary/aromatic N) is 1. The van der Waals surface area contributed by atoms with Crippen molar-refractivity contribution in [3.05, 3.63) is 86.1 Å². The molecule has 0 aliphatic carbocycles. The summed E-state index contributed by atoms with van der Waals surface area (Å²) in [6.07, 6.45) is 1.21. The summed E-state index contributed by atoms with van der Waals surface area (Å²) in [6.45, 7) is 7.86. The molecule has 9 heteroatoms. The van der Waals surface area contributed by atoms with E-state index >= 15 is 0 Å². The van der Waals surface area contributed by atoms with Crippen LogP contribution in [0.1, 0.15) is 62.4 Å². The highest BCUT2D eigenvalue weighted by Crippen LogP contribution is 2.32. The molecule has 0 aliphatic rings. The molecule has 1 aromatic heterocycles. The molecular weight excluding hydrogens is 530 g/mol. The Morgan fingerprint density at radius 3 is 2.25 bits per heavy atom. The molecule has 8 nitrogen and oxygen atoms in total. The molecule has 208 valence electrons. The Labute approximate surface area is 237 Å². The van der Waals surface area contributed by atoms with Crippen molar-refractivity contribution >= 4 is 35.1 Å². The van der Waals surface area contributed by atoms with E-state index in [0.29, 0.717) is 40.7 Å². The van der Waals surface area contributed by atoms with Gasteiger partial charge in [-0.05, 0) is 62.6 Å². The molecule has 0 unspecified atom stereocenters. The van der Waals surface area contributed by atoms with Crippen LogP contribution < -0.4 is 9.47 Å². The average molecular weight is 562 g/mol. The summed E-state index contributed by atoms with van der Waals surface area (Å²) in [5, 5.41) is 9.80. The number of benzene rings is 2. The number of thiophene rings is 1. The minimum absolute atomic E-state index is 0.112. The highest BCUT2D eigenvalue weighted by molar-refractivity contribution is 7.14. The molecule has 40 heavy (non-hydrogen) atoms. The number of esters is 2. The van der Waals surface area contributed by atoms with Gasteiger partial charge in [-0.2, -0.15) is 5.26 Å². The predicted molar refractivity (Wildman–Crippen MR) is 152 cm³/mol. The quantitative estimate of drug-likeness (QED) is 0.140. The molecular formula is C31H31NO7S. The van der Waals surface area contributed by atoms with E-state index < -0.39 is 17.7 Å². The van der Waals surface area contributed by atoms with Gasteiger partial charge in [-0.1, -0.05) is 36.4 Å². The molecule has 0 amide bonds. The van der Waals surface area contributed by atoms with Crippen LogP contribution in [0.2, 0.25) is 0 Å². The number of carbonyl (C=O) groups is 3. The van der Waals surface area contributed by atoms with Gasteiger partial charge in [-0.3, -0.25) is 4.79 Å². The first-order chi connectivity index (χ1) is 19.3. The van der Waals surface area contributed by atoms with E-state index in [1.54, 1.807) is 39.0 Å². The standard InChI is InChI=1S/C31H31NO7S/c1-5-36-26-16-22(13-14-25(26)39-19-21-11-9-8-10-12-21)15-23(18-32)24(33)17-27-28(30(34)37-6-2)20(4)29(40-27)31(35)38-7-3/h8-16H,5-7,17,19H2,1-4H3/b23-15+. The van der Waals surface area contributed by atoms with E-state index in [1.165, 1.54) is 6.08 Å². The first kappa shape index (κ1) is 30.1. The topological polar surface area (TPSA) is 112 Å². The van der Waals surface area contributed by atoms with E-state index in [9.17, 15) is 19.6 Å². The zero-order valence-corrected chi connectivity index (χ0v) is 23.8. The van der Waals surface area contributed by atoms with Gasteiger partial charge in [-0.25, -0.2) is 9.59 Å². The van der Waals surface area contributed by atoms with E-state index in [2.05, 4.69) is 0 Å². The Bertz CT molecular complexity index is 1430. The summed E-state index contributed by atoms with van der Waals surface area (Å²) in [5.41, 5.74) is 2.00. The average Bonchev–Trinajstić information content (AvgIpc) is 3.27. The van der Waals surface area contributed by atoms with Crippen LogP contribution in [-0.4, -0.2) is 37.5 Å². The molecule has 0 saturated heterocycles. The predicted octanol–water partition coefficient (Wildman–Crippen LogP) is 6.11. The van der Waals surface area contributed by atoms with Gasteiger partial charge < -0.3 is 18.9 Å². The molecule has 3 rings (SSSR count). The Kier molecular flexibility index (Phi) is 11.0. The largest absolute Gasteiger partial charge is 0.490 e. The summed E-state index contributed by atoms with van der Waals surface area (Å²) >= 11 is 0.996. The van der Waals surface area contributed by atoms with Gasteiger partial charge in [0, 0.05) is 11.3 Å². The van der Waals surface area contributed by atoms with Crippen LogP contribution in [0, 0.1) is 18.3 Å². The van der Waals surface area contributed by atoms with Crippen LogP contribution in [0.4, 0.5) is 0 Å². The van der Waals surface area contributed by atoms with Crippen LogP contribution >= 0.6 is 11.3 Å². The highest BCUT2D eigenvalue weighted by Gasteiger charge is 2.28. The van der Waals surface area contributed by atoms with Crippen LogP contribution in [0.3, 0.4) is 0 Å². The van der Waals surface area contributed by atoms with Crippen molar-refractivity contribution in [2.75, 3.05) is 19.8 Å². The summed E-state index contributed by atoms with van der Waals surface area (Å²) in [5.74, 6) is -0.707. The van der Waals surface area contributed by atoms with E-state index in [0.717, 1.165) is 16.9 Å². The number of hydrogen-bond acceptors (Lipinski definition) is 9. The third kappa shape index (κ3) is 7.58. The lowest BCUT2D eigenvalue weighted by atomic mass is 10.0. The Morgan fingerprint density at radius 2 is 1.60 bits per heavy atom. The fraction of sp³-hybridized carbons (Fsp3) is 0.290. The van der Waals surface area contributed by atoms with Gasteiger partial charge in [0.05, 0.1) is 31.0 Å². The molecule has 0 N–H and O–H groups in total. The maximum atomic E-state index is 13.2. The first-order valence-electron chi connectivity index (χ1n) is 12.9. The van der Waals surface area contributed by atoms with Crippen LogP contribution in [0.5, 0.6) is 11.5 Å². The zero-order valence-electron chi connectivity index (χ0n) is 22.9. The van der Waals surface area contributed by atoms with Gasteiger partial charge in [0.15, 0.2) is 17.3 Å². The molecule has 0 saturated carbocycles. The molecule has 2 aromatic carbocycles. The number of nitriles is 1. The summed E-state index contributed by atoms with van der Waals surface area (Å²) in [6, 6.07) is 16.8. The van der Waals surface area contributed by atoms with Gasteiger partial charge in [0.25, 0.3) is 0 Å². The second-order valence-electron chi connectivity index (χ2n) is 8.48. The van der Waals surface area contributed by atoms with E-state index in [1.807, 2.05) is 43.3 Å². The molecule has 0 aliphatic heterocycles. The minimum atomic E-state index is -0.635. The summed E-state index contributed by atoms with van der Waals surface area (Å²) in [7, 11) is 0. The normalized spacial score (nSPS) is 10.9. The summed E-state index contributed by atoms with van der Waals surface area (Å²) in [4.78, 5) is 38.9. The van der Waals surface area contributed by atoms with Crippen LogP contribution in [0.15, 0.2) is 54.1 Å². The van der Waals surface area contributed by atoms with Crippen LogP contribution in [-0.2, 0) is 27.3 Å². The van der Waals surface area contributed by atoms with Gasteiger partial charge in [0.1, 0.15) is 17.6 Å². The van der Waals surface area contributed by atoms with Gasteiger partial charge >= 0.3 is 11.9 Å². The van der Waals surface area contributed by atoms with Crippen molar-refractivity contribution in [2.24, 2.45) is 0 Å². The third-order valence-electron chi connectivity index (χ3n) is 5.72. The lowest BCUT2D eigenvalue weighted by molar-refractivity contribution is -0.114. The van der Waals surface area contributed by atoms with Crippen molar-refractivity contribution < 1.29 is 33.3 Å². The van der Waals surface area contributed by atoms with Crippen molar-refractivity contribution in [3.8, 4) is 17.6 Å². The number of rotatable bonds is 13. The van der Waals surface area contributed by atoms with E-state index in [-0.39, 0.29) is 35.6 Å². The molecule has 0 radical (unpaired) electrons. The lowest BCUT2D eigenvalue weighted by Gasteiger charge is -2.13. The number of ketones is 1.